The van der Waals surface area contributed by atoms with E-state index in [2.05, 4.69) is 5.32 Å². The summed E-state index contributed by atoms with van der Waals surface area (Å²) in [7, 11) is 1.53. The largest absolute Gasteiger partial charge is 0.493 e. The minimum Gasteiger partial charge on any atom is -0.493 e. The molecule has 0 amide bonds. The Hall–Kier alpha value is -1.09. The number of ether oxygens (including phenoxy) is 1. The third kappa shape index (κ3) is 2.53. The normalized spacial score (nSPS) is 17.4. The number of rotatable bonds is 3. The molecule has 0 spiro atoms. The number of halogens is 1. The maximum absolute atomic E-state index is 13.5. The molecule has 1 fully saturated rings. The first-order valence-electron chi connectivity index (χ1n) is 5.83. The number of benzene rings is 1. The number of para-hydroxylation sites is 1. The number of nitrogens with one attached hydrogen (secondary N) is 1. The molecule has 0 atom stereocenters. The van der Waals surface area contributed by atoms with Crippen LogP contribution < -0.4 is 10.1 Å². The van der Waals surface area contributed by atoms with E-state index in [9.17, 15) is 4.39 Å². The zero-order valence-electron chi connectivity index (χ0n) is 9.63. The highest BCUT2D eigenvalue weighted by Crippen LogP contribution is 2.27. The fourth-order valence-corrected chi connectivity index (χ4v) is 2.34. The van der Waals surface area contributed by atoms with E-state index in [1.165, 1.54) is 26.0 Å². The van der Waals surface area contributed by atoms with Gasteiger partial charge in [0.15, 0.2) is 11.6 Å². The standard InChI is InChI=1S/C13H18FNO/c1-16-13-11(3-2-4-12(13)14)9-10-5-7-15-8-6-10/h2-4,10,15H,5-9H2,1H3. The molecule has 88 valence electrons. The number of hydrogen-bond donors (Lipinski definition) is 1. The number of hydrogen-bond acceptors (Lipinski definition) is 2. The molecular formula is C13H18FNO. The van der Waals surface area contributed by atoms with Crippen molar-refractivity contribution in [2.45, 2.75) is 19.3 Å². The first-order chi connectivity index (χ1) is 7.81. The van der Waals surface area contributed by atoms with Gasteiger partial charge in [-0.1, -0.05) is 12.1 Å². The summed E-state index contributed by atoms with van der Waals surface area (Å²) in [6.45, 7) is 2.14. The van der Waals surface area contributed by atoms with Crippen molar-refractivity contribution in [2.75, 3.05) is 20.2 Å². The Morgan fingerprint density at radius 1 is 1.38 bits per heavy atom. The Kier molecular flexibility index (Phi) is 3.78. The van der Waals surface area contributed by atoms with Gasteiger partial charge < -0.3 is 10.1 Å². The predicted octanol–water partition coefficient (Wildman–Crippen LogP) is 2.38. The molecule has 0 unspecified atom stereocenters. The van der Waals surface area contributed by atoms with Crippen molar-refractivity contribution >= 4 is 0 Å². The van der Waals surface area contributed by atoms with Crippen LogP contribution in [0.5, 0.6) is 5.75 Å². The van der Waals surface area contributed by atoms with Crippen LogP contribution in [0.15, 0.2) is 18.2 Å². The lowest BCUT2D eigenvalue weighted by Crippen LogP contribution is -2.28. The van der Waals surface area contributed by atoms with Gasteiger partial charge in [0.05, 0.1) is 7.11 Å². The van der Waals surface area contributed by atoms with Gasteiger partial charge in [-0.05, 0) is 49.9 Å². The lowest BCUT2D eigenvalue weighted by molar-refractivity contribution is 0.352. The van der Waals surface area contributed by atoms with Crippen molar-refractivity contribution in [3.63, 3.8) is 0 Å². The third-order valence-corrected chi connectivity index (χ3v) is 3.22. The topological polar surface area (TPSA) is 21.3 Å². The van der Waals surface area contributed by atoms with Crippen LogP contribution in [0.3, 0.4) is 0 Å². The first-order valence-corrected chi connectivity index (χ1v) is 5.83. The summed E-state index contributed by atoms with van der Waals surface area (Å²) in [6, 6.07) is 5.17. The lowest BCUT2D eigenvalue weighted by Gasteiger charge is -2.23. The summed E-state index contributed by atoms with van der Waals surface area (Å²) in [5, 5.41) is 3.34. The first kappa shape index (κ1) is 11.4. The predicted molar refractivity (Wildman–Crippen MR) is 62.2 cm³/mol. The zero-order chi connectivity index (χ0) is 11.4. The monoisotopic (exact) mass is 223 g/mol. The summed E-state index contributed by atoms with van der Waals surface area (Å²) < 4.78 is 18.6. The SMILES string of the molecule is COc1c(F)cccc1CC1CCNCC1. The summed E-state index contributed by atoms with van der Waals surface area (Å²) >= 11 is 0. The van der Waals surface area contributed by atoms with Gasteiger partial charge in [-0.25, -0.2) is 4.39 Å². The molecule has 1 N–H and O–H groups in total. The van der Waals surface area contributed by atoms with E-state index in [4.69, 9.17) is 4.74 Å². The number of methoxy groups -OCH3 is 1. The van der Waals surface area contributed by atoms with Crippen LogP contribution in [-0.4, -0.2) is 20.2 Å². The van der Waals surface area contributed by atoms with Crippen LogP contribution in [0.1, 0.15) is 18.4 Å². The van der Waals surface area contributed by atoms with Crippen molar-refractivity contribution in [3.05, 3.63) is 29.6 Å². The molecular weight excluding hydrogens is 205 g/mol. The molecule has 1 saturated heterocycles. The highest BCUT2D eigenvalue weighted by molar-refractivity contribution is 5.35. The Bertz CT molecular complexity index is 348. The van der Waals surface area contributed by atoms with E-state index in [1.807, 2.05) is 6.07 Å². The van der Waals surface area contributed by atoms with Gasteiger partial charge in [-0.3, -0.25) is 0 Å². The minimum absolute atomic E-state index is 0.256. The van der Waals surface area contributed by atoms with Crippen molar-refractivity contribution in [3.8, 4) is 5.75 Å². The van der Waals surface area contributed by atoms with Crippen molar-refractivity contribution in [1.82, 2.24) is 5.32 Å². The maximum Gasteiger partial charge on any atom is 0.165 e. The molecule has 0 radical (unpaired) electrons. The number of piperidine rings is 1. The molecule has 0 bridgehead atoms. The van der Waals surface area contributed by atoms with Crippen LogP contribution in [-0.2, 0) is 6.42 Å². The quantitative estimate of drug-likeness (QED) is 0.849. The summed E-state index contributed by atoms with van der Waals surface area (Å²) in [4.78, 5) is 0. The van der Waals surface area contributed by atoms with Gasteiger partial charge in [0.25, 0.3) is 0 Å². The van der Waals surface area contributed by atoms with Crippen molar-refractivity contribution in [1.29, 1.82) is 0 Å². The molecule has 0 aromatic heterocycles. The van der Waals surface area contributed by atoms with Crippen LogP contribution >= 0.6 is 0 Å². The van der Waals surface area contributed by atoms with Crippen LogP contribution in [0.4, 0.5) is 4.39 Å². The second kappa shape index (κ2) is 5.30. The molecule has 2 rings (SSSR count). The molecule has 1 aliphatic heterocycles. The highest BCUT2D eigenvalue weighted by atomic mass is 19.1. The molecule has 16 heavy (non-hydrogen) atoms. The van der Waals surface area contributed by atoms with Gasteiger partial charge in [0.1, 0.15) is 0 Å². The lowest BCUT2D eigenvalue weighted by atomic mass is 9.90. The van der Waals surface area contributed by atoms with Gasteiger partial charge >= 0.3 is 0 Å². The van der Waals surface area contributed by atoms with Crippen LogP contribution in [0.2, 0.25) is 0 Å². The Balaban J connectivity index is 2.10. The maximum atomic E-state index is 13.5. The van der Waals surface area contributed by atoms with Crippen LogP contribution in [0, 0.1) is 11.7 Å². The van der Waals surface area contributed by atoms with E-state index < -0.39 is 0 Å². The molecule has 1 aliphatic rings. The Morgan fingerprint density at radius 3 is 2.81 bits per heavy atom. The molecule has 1 heterocycles. The van der Waals surface area contributed by atoms with Gasteiger partial charge in [0.2, 0.25) is 0 Å². The fourth-order valence-electron chi connectivity index (χ4n) is 2.34. The molecule has 1 aromatic rings. The molecule has 0 saturated carbocycles. The van der Waals surface area contributed by atoms with E-state index in [0.29, 0.717) is 11.7 Å². The van der Waals surface area contributed by atoms with Gasteiger partial charge in [-0.2, -0.15) is 0 Å². The fraction of sp³-hybridized carbons (Fsp3) is 0.538. The van der Waals surface area contributed by atoms with Gasteiger partial charge in [-0.15, -0.1) is 0 Å². The molecule has 2 nitrogen and oxygen atoms in total. The van der Waals surface area contributed by atoms with E-state index in [1.54, 1.807) is 6.07 Å². The second-order valence-corrected chi connectivity index (χ2v) is 4.33. The zero-order valence-corrected chi connectivity index (χ0v) is 9.63. The summed E-state index contributed by atoms with van der Waals surface area (Å²) in [5.41, 5.74) is 0.995. The molecule has 3 heteroatoms. The highest BCUT2D eigenvalue weighted by Gasteiger charge is 2.17. The molecule has 1 aromatic carbocycles. The average Bonchev–Trinajstić information content (AvgIpc) is 2.31. The van der Waals surface area contributed by atoms with E-state index >= 15 is 0 Å². The Labute approximate surface area is 95.8 Å². The third-order valence-electron chi connectivity index (χ3n) is 3.22. The van der Waals surface area contributed by atoms with E-state index in [-0.39, 0.29) is 5.82 Å². The Morgan fingerprint density at radius 2 is 2.12 bits per heavy atom. The average molecular weight is 223 g/mol. The van der Waals surface area contributed by atoms with E-state index in [0.717, 1.165) is 25.1 Å². The summed E-state index contributed by atoms with van der Waals surface area (Å²) in [6.07, 6.45) is 3.25. The summed E-state index contributed by atoms with van der Waals surface area (Å²) in [5.74, 6) is 0.812. The van der Waals surface area contributed by atoms with Crippen LogP contribution in [0.25, 0.3) is 0 Å². The minimum atomic E-state index is -0.256. The van der Waals surface area contributed by atoms with Gasteiger partial charge in [0, 0.05) is 0 Å². The molecule has 0 aliphatic carbocycles. The second-order valence-electron chi connectivity index (χ2n) is 4.33. The van der Waals surface area contributed by atoms with Crippen molar-refractivity contribution < 1.29 is 9.13 Å². The smallest absolute Gasteiger partial charge is 0.165 e. The van der Waals surface area contributed by atoms with Crippen molar-refractivity contribution in [2.24, 2.45) is 5.92 Å².